The number of nitrogens with one attached hydrogen (secondary N) is 2. The molecular weight excluding hydrogens is 563 g/mol. The van der Waals surface area contributed by atoms with E-state index in [2.05, 4.69) is 15.6 Å². The number of ether oxygens (including phenoxy) is 2. The van der Waals surface area contributed by atoms with Crippen molar-refractivity contribution in [3.05, 3.63) is 36.2 Å². The molecule has 1 atom stereocenters. The molecule has 12 heteroatoms. The fourth-order valence-electron chi connectivity index (χ4n) is 6.48. The van der Waals surface area contributed by atoms with E-state index < -0.39 is 11.6 Å². The molecule has 4 heterocycles. The second kappa shape index (κ2) is 12.7. The third kappa shape index (κ3) is 6.89. The summed E-state index contributed by atoms with van der Waals surface area (Å²) in [5.74, 6) is 0.723. The molecule has 2 saturated carbocycles. The van der Waals surface area contributed by atoms with Crippen LogP contribution in [-0.2, 0) is 4.79 Å². The summed E-state index contributed by atoms with van der Waals surface area (Å²) in [7, 11) is 0. The van der Waals surface area contributed by atoms with E-state index in [9.17, 15) is 22.8 Å². The predicted octanol–water partition coefficient (Wildman–Crippen LogP) is 4.76. The summed E-state index contributed by atoms with van der Waals surface area (Å²) in [4.78, 5) is 34.9. The van der Waals surface area contributed by atoms with Gasteiger partial charge < -0.3 is 25.0 Å². The third-order valence-electron chi connectivity index (χ3n) is 9.03. The summed E-state index contributed by atoms with van der Waals surface area (Å²) in [5, 5.41) is 6.34. The van der Waals surface area contributed by atoms with Crippen molar-refractivity contribution in [3.63, 3.8) is 0 Å². The quantitative estimate of drug-likeness (QED) is 0.419. The van der Waals surface area contributed by atoms with Gasteiger partial charge in [0.15, 0.2) is 11.4 Å². The van der Waals surface area contributed by atoms with Crippen molar-refractivity contribution in [1.82, 2.24) is 25.5 Å². The lowest BCUT2D eigenvalue weighted by atomic mass is 9.62. The summed E-state index contributed by atoms with van der Waals surface area (Å²) in [6.07, 6.45) is 3.35. The van der Waals surface area contributed by atoms with Crippen molar-refractivity contribution in [3.8, 4) is 22.9 Å². The van der Waals surface area contributed by atoms with Gasteiger partial charge in [-0.1, -0.05) is 19.8 Å². The lowest BCUT2D eigenvalue weighted by Gasteiger charge is -2.57. The van der Waals surface area contributed by atoms with Crippen LogP contribution in [0.15, 0.2) is 30.5 Å². The molecule has 0 bridgehead atoms. The number of amides is 2. The van der Waals surface area contributed by atoms with Gasteiger partial charge in [0.2, 0.25) is 12.3 Å². The number of rotatable bonds is 8. The van der Waals surface area contributed by atoms with Crippen molar-refractivity contribution in [2.24, 2.45) is 10.8 Å². The topological polar surface area (TPSA) is 106 Å². The Morgan fingerprint density at radius 3 is 2.56 bits per heavy atom. The second-order valence-corrected chi connectivity index (χ2v) is 12.4. The maximum atomic E-state index is 13.2. The molecule has 0 radical (unpaired) electrons. The molecule has 234 valence electrons. The van der Waals surface area contributed by atoms with Gasteiger partial charge in [-0.2, -0.15) is 13.2 Å². The van der Waals surface area contributed by atoms with Crippen LogP contribution in [0.3, 0.4) is 0 Å². The molecule has 2 amide bonds. The van der Waals surface area contributed by atoms with Gasteiger partial charge in [-0.15, -0.1) is 0 Å². The number of likely N-dealkylation sites (tertiary alicyclic amines) is 1. The lowest BCUT2D eigenvalue weighted by molar-refractivity contribution is -0.215. The van der Waals surface area contributed by atoms with Gasteiger partial charge in [0, 0.05) is 37.3 Å². The summed E-state index contributed by atoms with van der Waals surface area (Å²) >= 11 is 0. The van der Waals surface area contributed by atoms with Crippen LogP contribution < -0.4 is 20.1 Å². The van der Waals surface area contributed by atoms with Crippen molar-refractivity contribution in [2.45, 2.75) is 77.1 Å². The molecule has 9 nitrogen and oxygen atoms in total. The predicted molar refractivity (Wildman–Crippen MR) is 154 cm³/mol. The Labute approximate surface area is 249 Å². The minimum atomic E-state index is -3.98. The first-order chi connectivity index (χ1) is 20.5. The first-order valence-corrected chi connectivity index (χ1v) is 15.1. The second-order valence-electron chi connectivity index (χ2n) is 12.4. The van der Waals surface area contributed by atoms with E-state index >= 15 is 0 Å². The van der Waals surface area contributed by atoms with Gasteiger partial charge in [-0.3, -0.25) is 9.59 Å². The minimum absolute atomic E-state index is 0.0172. The van der Waals surface area contributed by atoms with Gasteiger partial charge in [0.1, 0.15) is 6.10 Å². The first-order valence-electron chi connectivity index (χ1n) is 15.1. The molecule has 2 aromatic heterocycles. The van der Waals surface area contributed by atoms with Gasteiger partial charge >= 0.3 is 6.18 Å². The Balaban J connectivity index is 0.000000314. The van der Waals surface area contributed by atoms with Gasteiger partial charge in [-0.25, -0.2) is 9.97 Å². The van der Waals surface area contributed by atoms with Crippen LogP contribution >= 0.6 is 0 Å². The molecule has 43 heavy (non-hydrogen) atoms. The van der Waals surface area contributed by atoms with E-state index in [0.717, 1.165) is 70.3 Å². The molecule has 1 unspecified atom stereocenters. The maximum Gasteiger partial charge on any atom is 0.394 e. The third-order valence-corrected chi connectivity index (χ3v) is 9.03. The molecule has 6 rings (SSSR count). The molecule has 4 fully saturated rings. The Hall–Kier alpha value is -3.41. The van der Waals surface area contributed by atoms with Crippen LogP contribution in [0.4, 0.5) is 13.2 Å². The molecule has 0 aromatic carbocycles. The molecule has 2 saturated heterocycles. The molecule has 2 aromatic rings. The van der Waals surface area contributed by atoms with Crippen molar-refractivity contribution in [1.29, 1.82) is 0 Å². The molecular formula is C31H40F3N5O4. The van der Waals surface area contributed by atoms with Crippen LogP contribution in [0.2, 0.25) is 0 Å². The van der Waals surface area contributed by atoms with Crippen molar-refractivity contribution < 1.29 is 32.2 Å². The summed E-state index contributed by atoms with van der Waals surface area (Å²) in [6.45, 7) is 6.92. The fourth-order valence-corrected chi connectivity index (χ4v) is 6.48. The van der Waals surface area contributed by atoms with Gasteiger partial charge in [-0.05, 0) is 69.8 Å². The average Bonchev–Trinajstić information content (AvgIpc) is 3.62. The first kappa shape index (κ1) is 31.0. The minimum Gasteiger partial charge on any atom is -0.488 e. The van der Waals surface area contributed by atoms with E-state index in [0.29, 0.717) is 36.8 Å². The molecule has 4 aliphatic rings. The van der Waals surface area contributed by atoms with E-state index in [1.165, 1.54) is 6.92 Å². The van der Waals surface area contributed by atoms with E-state index in [1.54, 1.807) is 11.1 Å². The number of hydrogen-bond donors (Lipinski definition) is 2. The molecule has 1 spiro atoms. The zero-order chi connectivity index (χ0) is 30.7. The van der Waals surface area contributed by atoms with E-state index in [1.807, 2.05) is 31.2 Å². The van der Waals surface area contributed by atoms with E-state index in [4.69, 9.17) is 14.5 Å². The number of aromatic nitrogens is 2. The van der Waals surface area contributed by atoms with Crippen molar-refractivity contribution in [2.75, 3.05) is 32.8 Å². The van der Waals surface area contributed by atoms with Crippen LogP contribution in [0.25, 0.3) is 11.3 Å². The highest BCUT2D eigenvalue weighted by Gasteiger charge is 2.53. The molecule has 2 N–H and O–H groups in total. The van der Waals surface area contributed by atoms with Crippen LogP contribution in [-0.4, -0.2) is 78.3 Å². The normalized spacial score (nSPS) is 22.2. The lowest BCUT2D eigenvalue weighted by Crippen LogP contribution is -2.64. The highest BCUT2D eigenvalue weighted by atomic mass is 19.4. The maximum absolute atomic E-state index is 13.2. The number of pyridine rings is 2. The number of halogens is 3. The van der Waals surface area contributed by atoms with E-state index in [-0.39, 0.29) is 29.2 Å². The van der Waals surface area contributed by atoms with Crippen LogP contribution in [0, 0.1) is 10.8 Å². The smallest absolute Gasteiger partial charge is 0.394 e. The number of carbonyl (C=O) groups excluding carboxylic acids is 2. The Bertz CT molecular complexity index is 1280. The fraction of sp³-hybridized carbons (Fsp3) is 0.613. The summed E-state index contributed by atoms with van der Waals surface area (Å²) in [6, 6.07) is 7.44. The van der Waals surface area contributed by atoms with Gasteiger partial charge in [0.05, 0.1) is 23.3 Å². The zero-order valence-electron chi connectivity index (χ0n) is 24.7. The SMILES string of the molecule is CC1(C(F)(F)F)CCCC1.CCOc1ncccc1-c1ccc(OC2CC3(C2)CN(C=O)C3)c(C(=O)NC2CCNC2)n1. The molecule has 2 aliphatic heterocycles. The highest BCUT2D eigenvalue weighted by Crippen LogP contribution is 2.50. The van der Waals surface area contributed by atoms with Crippen LogP contribution in [0.5, 0.6) is 11.6 Å². The van der Waals surface area contributed by atoms with Crippen molar-refractivity contribution >= 4 is 12.3 Å². The van der Waals surface area contributed by atoms with Gasteiger partial charge in [0.25, 0.3) is 5.91 Å². The number of carbonyl (C=O) groups is 2. The zero-order valence-corrected chi connectivity index (χ0v) is 24.7. The standard InChI is InChI=1S/C24H29N5O4.C7H11F3/c1-2-32-23-18(4-3-8-26-23)19-5-6-20(21(28-19)22(31)27-16-7-9-25-12-16)33-17-10-24(11-17)13-29(14-24)15-30;1-6(7(8,9)10)4-2-3-5-6/h3-6,8,15-17,25H,2,7,9-14H2,1H3,(H,27,31);2-5H2,1H3. The Morgan fingerprint density at radius 1 is 1.21 bits per heavy atom. The molecule has 2 aliphatic carbocycles. The summed E-state index contributed by atoms with van der Waals surface area (Å²) < 4.78 is 48.3. The average molecular weight is 604 g/mol. The Kier molecular flexibility index (Phi) is 9.15. The monoisotopic (exact) mass is 603 g/mol. The number of alkyl halides is 3. The summed E-state index contributed by atoms with van der Waals surface area (Å²) in [5.41, 5.74) is 0.425. The number of hydrogen-bond acceptors (Lipinski definition) is 7. The Morgan fingerprint density at radius 2 is 1.95 bits per heavy atom. The van der Waals surface area contributed by atoms with Crippen LogP contribution in [0.1, 0.15) is 69.3 Å². The largest absolute Gasteiger partial charge is 0.488 e. The number of nitrogens with zero attached hydrogens (tertiary/aromatic N) is 3. The highest BCUT2D eigenvalue weighted by molar-refractivity contribution is 5.96.